The fraction of sp³-hybridized carbons (Fsp3) is 0.500. The molecule has 0 saturated heterocycles. The summed E-state index contributed by atoms with van der Waals surface area (Å²) in [7, 11) is 0. The highest BCUT2D eigenvalue weighted by atomic mass is 35.5. The number of amides is 1. The highest BCUT2D eigenvalue weighted by molar-refractivity contribution is 5.85. The number of rotatable bonds is 6. The van der Waals surface area contributed by atoms with Crippen LogP contribution < -0.4 is 15.8 Å². The third kappa shape index (κ3) is 5.94. The number of hydrogen-bond acceptors (Lipinski definition) is 3. The van der Waals surface area contributed by atoms with Gasteiger partial charge in [-0.25, -0.2) is 0 Å². The molecule has 1 aromatic rings. The monoisotopic (exact) mass is 286 g/mol. The van der Waals surface area contributed by atoms with Gasteiger partial charge in [-0.05, 0) is 37.4 Å². The Morgan fingerprint density at radius 1 is 1.37 bits per heavy atom. The number of carbonyl (C=O) groups excluding carboxylic acids is 1. The van der Waals surface area contributed by atoms with Gasteiger partial charge in [0.1, 0.15) is 5.75 Å². The Morgan fingerprint density at radius 3 is 2.47 bits per heavy atom. The molecular weight excluding hydrogens is 264 g/mol. The number of para-hydroxylation sites is 1. The number of ether oxygens (including phenoxy) is 1. The van der Waals surface area contributed by atoms with Crippen LogP contribution in [0.4, 0.5) is 0 Å². The largest absolute Gasteiger partial charge is 0.483 e. The molecule has 0 fully saturated rings. The van der Waals surface area contributed by atoms with Gasteiger partial charge in [0.2, 0.25) is 0 Å². The normalized spacial score (nSPS) is 11.4. The van der Waals surface area contributed by atoms with Crippen LogP contribution in [0.3, 0.4) is 0 Å². The summed E-state index contributed by atoms with van der Waals surface area (Å²) in [6.07, 6.45) is 0. The molecule has 3 N–H and O–H groups in total. The molecule has 0 aromatic heterocycles. The van der Waals surface area contributed by atoms with E-state index in [4.69, 9.17) is 10.5 Å². The molecule has 0 spiro atoms. The third-order valence-corrected chi connectivity index (χ3v) is 2.81. The number of nitrogens with one attached hydrogen (secondary N) is 1. The van der Waals surface area contributed by atoms with Crippen molar-refractivity contribution in [1.29, 1.82) is 0 Å². The topological polar surface area (TPSA) is 64.3 Å². The van der Waals surface area contributed by atoms with Crippen molar-refractivity contribution in [2.24, 2.45) is 11.7 Å². The number of nitrogens with two attached hydrogens (primary N) is 1. The van der Waals surface area contributed by atoms with Crippen LogP contribution in [-0.2, 0) is 4.79 Å². The van der Waals surface area contributed by atoms with Crippen molar-refractivity contribution < 1.29 is 9.53 Å². The summed E-state index contributed by atoms with van der Waals surface area (Å²) in [5.41, 5.74) is 7.56. The Morgan fingerprint density at radius 2 is 1.95 bits per heavy atom. The number of aryl methyl sites for hydroxylation is 2. The number of carbonyl (C=O) groups is 1. The summed E-state index contributed by atoms with van der Waals surface area (Å²) >= 11 is 0. The zero-order valence-electron chi connectivity index (χ0n) is 11.7. The van der Waals surface area contributed by atoms with Crippen LogP contribution in [0, 0.1) is 19.8 Å². The molecule has 1 aromatic carbocycles. The Kier molecular flexibility index (Phi) is 8.19. The second kappa shape index (κ2) is 8.77. The minimum Gasteiger partial charge on any atom is -0.483 e. The molecule has 0 aliphatic carbocycles. The van der Waals surface area contributed by atoms with Gasteiger partial charge in [0.05, 0.1) is 0 Å². The van der Waals surface area contributed by atoms with Gasteiger partial charge in [-0.3, -0.25) is 4.79 Å². The Labute approximate surface area is 121 Å². The Balaban J connectivity index is 0.00000324. The summed E-state index contributed by atoms with van der Waals surface area (Å²) in [5.74, 6) is 0.964. The van der Waals surface area contributed by atoms with E-state index in [0.29, 0.717) is 13.1 Å². The van der Waals surface area contributed by atoms with E-state index >= 15 is 0 Å². The molecule has 4 nitrogen and oxygen atoms in total. The van der Waals surface area contributed by atoms with Crippen LogP contribution >= 0.6 is 12.4 Å². The molecule has 5 heteroatoms. The van der Waals surface area contributed by atoms with E-state index in [0.717, 1.165) is 16.9 Å². The second-order valence-corrected chi connectivity index (χ2v) is 4.65. The molecule has 1 atom stereocenters. The molecule has 1 amide bonds. The number of benzene rings is 1. The molecule has 0 bridgehead atoms. The van der Waals surface area contributed by atoms with Gasteiger partial charge in [0.25, 0.3) is 5.91 Å². The van der Waals surface area contributed by atoms with Crippen LogP contribution in [0.1, 0.15) is 18.1 Å². The minimum atomic E-state index is -0.113. The molecule has 0 aliphatic rings. The molecule has 1 unspecified atom stereocenters. The maximum absolute atomic E-state index is 11.6. The standard InChI is InChI=1S/C14H22N2O2.ClH/c1-10(7-15)8-16-13(17)9-18-14-11(2)5-4-6-12(14)3;/h4-6,10H,7-9,15H2,1-3H3,(H,16,17);1H. The first kappa shape index (κ1) is 17.7. The van der Waals surface area contributed by atoms with Crippen LogP contribution in [0.2, 0.25) is 0 Å². The molecule has 0 aliphatic heterocycles. The van der Waals surface area contributed by atoms with Gasteiger partial charge in [-0.1, -0.05) is 25.1 Å². The fourth-order valence-corrected chi connectivity index (χ4v) is 1.59. The maximum Gasteiger partial charge on any atom is 0.257 e. The molecule has 1 rings (SSSR count). The van der Waals surface area contributed by atoms with E-state index in [1.54, 1.807) is 0 Å². The van der Waals surface area contributed by atoms with Crippen LogP contribution in [-0.4, -0.2) is 25.6 Å². The van der Waals surface area contributed by atoms with Crippen molar-refractivity contribution >= 4 is 18.3 Å². The van der Waals surface area contributed by atoms with Gasteiger partial charge in [-0.15, -0.1) is 12.4 Å². The molecular formula is C14H23ClN2O2. The lowest BCUT2D eigenvalue weighted by molar-refractivity contribution is -0.123. The summed E-state index contributed by atoms with van der Waals surface area (Å²) in [4.78, 5) is 11.6. The van der Waals surface area contributed by atoms with Crippen LogP contribution in [0.15, 0.2) is 18.2 Å². The van der Waals surface area contributed by atoms with E-state index in [-0.39, 0.29) is 30.8 Å². The molecule has 0 radical (unpaired) electrons. The Hall–Kier alpha value is -1.26. The predicted molar refractivity (Wildman–Crippen MR) is 79.9 cm³/mol. The van der Waals surface area contributed by atoms with Gasteiger partial charge < -0.3 is 15.8 Å². The van der Waals surface area contributed by atoms with Gasteiger partial charge in [0, 0.05) is 6.54 Å². The lowest BCUT2D eigenvalue weighted by atomic mass is 10.1. The average Bonchev–Trinajstić information content (AvgIpc) is 2.35. The first-order chi connectivity index (χ1) is 8.54. The smallest absolute Gasteiger partial charge is 0.257 e. The summed E-state index contributed by atoms with van der Waals surface area (Å²) < 4.78 is 5.55. The average molecular weight is 287 g/mol. The SMILES string of the molecule is Cc1cccc(C)c1OCC(=O)NCC(C)CN.Cl. The van der Waals surface area contributed by atoms with Gasteiger partial charge in [0.15, 0.2) is 6.61 Å². The van der Waals surface area contributed by atoms with E-state index in [2.05, 4.69) is 5.32 Å². The lowest BCUT2D eigenvalue weighted by Crippen LogP contribution is -2.34. The van der Waals surface area contributed by atoms with E-state index in [1.807, 2.05) is 39.0 Å². The highest BCUT2D eigenvalue weighted by Crippen LogP contribution is 2.21. The number of halogens is 1. The summed E-state index contributed by atoms with van der Waals surface area (Å²) in [5, 5.41) is 2.80. The first-order valence-corrected chi connectivity index (χ1v) is 6.20. The molecule has 19 heavy (non-hydrogen) atoms. The summed E-state index contributed by atoms with van der Waals surface area (Å²) in [6.45, 7) is 7.13. The highest BCUT2D eigenvalue weighted by Gasteiger charge is 2.08. The third-order valence-electron chi connectivity index (χ3n) is 2.81. The van der Waals surface area contributed by atoms with E-state index < -0.39 is 0 Å². The second-order valence-electron chi connectivity index (χ2n) is 4.65. The zero-order chi connectivity index (χ0) is 13.5. The van der Waals surface area contributed by atoms with Crippen molar-refractivity contribution in [3.8, 4) is 5.75 Å². The van der Waals surface area contributed by atoms with Gasteiger partial charge >= 0.3 is 0 Å². The molecule has 0 saturated carbocycles. The van der Waals surface area contributed by atoms with Crippen molar-refractivity contribution in [3.05, 3.63) is 29.3 Å². The number of hydrogen-bond donors (Lipinski definition) is 2. The molecule has 0 heterocycles. The van der Waals surface area contributed by atoms with Crippen LogP contribution in [0.5, 0.6) is 5.75 Å². The van der Waals surface area contributed by atoms with Crippen molar-refractivity contribution in [1.82, 2.24) is 5.32 Å². The fourth-order valence-electron chi connectivity index (χ4n) is 1.59. The van der Waals surface area contributed by atoms with Gasteiger partial charge in [-0.2, -0.15) is 0 Å². The van der Waals surface area contributed by atoms with E-state index in [1.165, 1.54) is 0 Å². The predicted octanol–water partition coefficient (Wildman–Crippen LogP) is 1.82. The zero-order valence-corrected chi connectivity index (χ0v) is 12.5. The van der Waals surface area contributed by atoms with Crippen molar-refractivity contribution in [2.45, 2.75) is 20.8 Å². The summed E-state index contributed by atoms with van der Waals surface area (Å²) in [6, 6.07) is 5.91. The Bertz CT molecular complexity index is 390. The van der Waals surface area contributed by atoms with Crippen LogP contribution in [0.25, 0.3) is 0 Å². The molecule has 108 valence electrons. The maximum atomic E-state index is 11.6. The van der Waals surface area contributed by atoms with Crippen molar-refractivity contribution in [3.63, 3.8) is 0 Å². The van der Waals surface area contributed by atoms with E-state index in [9.17, 15) is 4.79 Å². The quantitative estimate of drug-likeness (QED) is 0.838. The minimum absolute atomic E-state index is 0. The first-order valence-electron chi connectivity index (χ1n) is 6.20. The lowest BCUT2D eigenvalue weighted by Gasteiger charge is -2.13. The van der Waals surface area contributed by atoms with Crippen molar-refractivity contribution in [2.75, 3.05) is 19.7 Å².